The quantitative estimate of drug-likeness (QED) is 0.668. The van der Waals surface area contributed by atoms with Crippen LogP contribution in [0.25, 0.3) is 0 Å². The topological polar surface area (TPSA) is 101 Å². The molecule has 19 heavy (non-hydrogen) atoms. The maximum atomic E-state index is 12.1. The molecule has 1 N–H and O–H groups in total. The summed E-state index contributed by atoms with van der Waals surface area (Å²) in [7, 11) is 0. The van der Waals surface area contributed by atoms with Crippen LogP contribution in [0.2, 0.25) is 0 Å². The zero-order valence-electron chi connectivity index (χ0n) is 10.1. The second-order valence-electron chi connectivity index (χ2n) is 4.56. The molecule has 1 amide bonds. The van der Waals surface area contributed by atoms with E-state index < -0.39 is 16.8 Å². The van der Waals surface area contributed by atoms with Gasteiger partial charge in [0.2, 0.25) is 0 Å². The van der Waals surface area contributed by atoms with Gasteiger partial charge in [-0.05, 0) is 5.92 Å². The molecule has 1 fully saturated rings. The summed E-state index contributed by atoms with van der Waals surface area (Å²) in [6.07, 6.45) is 0. The van der Waals surface area contributed by atoms with Gasteiger partial charge in [-0.15, -0.1) is 0 Å². The van der Waals surface area contributed by atoms with Crippen molar-refractivity contribution in [2.45, 2.75) is 6.92 Å². The van der Waals surface area contributed by atoms with E-state index in [1.807, 2.05) is 0 Å². The van der Waals surface area contributed by atoms with Crippen molar-refractivity contribution in [2.24, 2.45) is 11.8 Å². The highest BCUT2D eigenvalue weighted by atomic mass is 32.1. The molecule has 1 aliphatic rings. The van der Waals surface area contributed by atoms with Crippen molar-refractivity contribution >= 4 is 28.2 Å². The van der Waals surface area contributed by atoms with E-state index in [1.165, 1.54) is 16.3 Å². The number of carbonyl (C=O) groups is 2. The number of thiophene rings is 1. The summed E-state index contributed by atoms with van der Waals surface area (Å²) in [5.74, 6) is -1.95. The van der Waals surface area contributed by atoms with Crippen LogP contribution in [-0.4, -0.2) is 39.9 Å². The Labute approximate surface area is 112 Å². The maximum Gasteiger partial charge on any atom is 0.324 e. The van der Waals surface area contributed by atoms with Crippen molar-refractivity contribution in [3.8, 4) is 0 Å². The number of hydrogen-bond acceptors (Lipinski definition) is 5. The van der Waals surface area contributed by atoms with Crippen molar-refractivity contribution in [1.29, 1.82) is 0 Å². The third-order valence-corrected chi connectivity index (χ3v) is 4.11. The van der Waals surface area contributed by atoms with Crippen LogP contribution < -0.4 is 0 Å². The highest BCUT2D eigenvalue weighted by molar-refractivity contribution is 7.13. The first kappa shape index (κ1) is 13.5. The average molecular weight is 284 g/mol. The predicted molar refractivity (Wildman–Crippen MR) is 67.2 cm³/mol. The molecule has 0 spiro atoms. The fourth-order valence-electron chi connectivity index (χ4n) is 2.17. The van der Waals surface area contributed by atoms with Gasteiger partial charge in [0.15, 0.2) is 0 Å². The highest BCUT2D eigenvalue weighted by Crippen LogP contribution is 2.28. The summed E-state index contributed by atoms with van der Waals surface area (Å²) in [5.41, 5.74) is 0.245. The lowest BCUT2D eigenvalue weighted by atomic mass is 9.99. The molecule has 8 heteroatoms. The van der Waals surface area contributed by atoms with Gasteiger partial charge in [0.25, 0.3) is 5.91 Å². The Hall–Kier alpha value is -1.96. The van der Waals surface area contributed by atoms with Crippen LogP contribution in [0.4, 0.5) is 5.00 Å². The van der Waals surface area contributed by atoms with Crippen LogP contribution in [0.5, 0.6) is 0 Å². The second-order valence-corrected chi connectivity index (χ2v) is 5.45. The zero-order valence-corrected chi connectivity index (χ0v) is 10.9. The Morgan fingerprint density at radius 2 is 2.21 bits per heavy atom. The standard InChI is InChI=1S/C11H12N2O5S/c1-6-3-12(4-8(6)11(15)16)10(14)7-2-9(13(17)18)19-5-7/h2,5-6,8H,3-4H2,1H3,(H,15,16)/t6-,8-/m1/s1. The minimum Gasteiger partial charge on any atom is -0.481 e. The normalized spacial score (nSPS) is 22.5. The van der Waals surface area contributed by atoms with E-state index in [0.717, 1.165) is 11.3 Å². The molecular weight excluding hydrogens is 272 g/mol. The van der Waals surface area contributed by atoms with Gasteiger partial charge in [-0.1, -0.05) is 18.3 Å². The number of carboxylic acids is 1. The number of likely N-dealkylation sites (tertiary alicyclic amines) is 1. The summed E-state index contributed by atoms with van der Waals surface area (Å²) in [4.78, 5) is 34.6. The molecule has 2 heterocycles. The van der Waals surface area contributed by atoms with Crippen LogP contribution in [0.3, 0.4) is 0 Å². The van der Waals surface area contributed by atoms with Crippen molar-refractivity contribution in [3.63, 3.8) is 0 Å². The Balaban J connectivity index is 2.12. The number of aliphatic carboxylic acids is 1. The summed E-state index contributed by atoms with van der Waals surface area (Å²) in [5, 5.41) is 20.9. The molecule has 2 atom stereocenters. The molecule has 1 aliphatic heterocycles. The lowest BCUT2D eigenvalue weighted by Gasteiger charge is -2.14. The Morgan fingerprint density at radius 1 is 1.53 bits per heavy atom. The molecule has 102 valence electrons. The monoisotopic (exact) mass is 284 g/mol. The molecule has 0 bridgehead atoms. The van der Waals surface area contributed by atoms with E-state index in [4.69, 9.17) is 5.11 Å². The van der Waals surface area contributed by atoms with Crippen LogP contribution in [-0.2, 0) is 4.79 Å². The Bertz CT molecular complexity index is 541. The van der Waals surface area contributed by atoms with Crippen LogP contribution in [0.15, 0.2) is 11.4 Å². The van der Waals surface area contributed by atoms with Crippen LogP contribution in [0, 0.1) is 22.0 Å². The SMILES string of the molecule is C[C@@H]1CN(C(=O)c2csc([N+](=O)[O-])c2)C[C@H]1C(=O)O. The smallest absolute Gasteiger partial charge is 0.324 e. The van der Waals surface area contributed by atoms with Gasteiger partial charge in [0, 0.05) is 24.5 Å². The summed E-state index contributed by atoms with van der Waals surface area (Å²) in [6, 6.07) is 1.23. The third-order valence-electron chi connectivity index (χ3n) is 3.23. The largest absolute Gasteiger partial charge is 0.481 e. The molecule has 0 unspecified atom stereocenters. The van der Waals surface area contributed by atoms with Crippen molar-refractivity contribution in [2.75, 3.05) is 13.1 Å². The molecule has 1 aromatic rings. The van der Waals surface area contributed by atoms with Gasteiger partial charge in [-0.3, -0.25) is 19.7 Å². The molecule has 0 aliphatic carbocycles. The van der Waals surface area contributed by atoms with Gasteiger partial charge in [-0.2, -0.15) is 0 Å². The summed E-state index contributed by atoms with van der Waals surface area (Å²) >= 11 is 0.890. The first-order chi connectivity index (χ1) is 8.90. The third kappa shape index (κ3) is 2.58. The number of rotatable bonds is 3. The minimum atomic E-state index is -0.918. The average Bonchev–Trinajstić information content (AvgIpc) is 2.94. The van der Waals surface area contributed by atoms with Gasteiger partial charge >= 0.3 is 11.0 Å². The van der Waals surface area contributed by atoms with E-state index in [0.29, 0.717) is 6.54 Å². The first-order valence-corrected chi connectivity index (χ1v) is 6.53. The molecule has 0 aromatic carbocycles. The van der Waals surface area contributed by atoms with E-state index in [9.17, 15) is 19.7 Å². The molecule has 2 rings (SSSR count). The van der Waals surface area contributed by atoms with Crippen LogP contribution >= 0.6 is 11.3 Å². The van der Waals surface area contributed by atoms with Crippen molar-refractivity contribution in [3.05, 3.63) is 27.1 Å². The van der Waals surface area contributed by atoms with Crippen molar-refractivity contribution in [1.82, 2.24) is 4.90 Å². The fraction of sp³-hybridized carbons (Fsp3) is 0.455. The number of nitro groups is 1. The minimum absolute atomic E-state index is 0.0922. The van der Waals surface area contributed by atoms with E-state index in [1.54, 1.807) is 6.92 Å². The van der Waals surface area contributed by atoms with Crippen LogP contribution in [0.1, 0.15) is 17.3 Å². The highest BCUT2D eigenvalue weighted by Gasteiger charge is 2.37. The van der Waals surface area contributed by atoms with E-state index in [-0.39, 0.29) is 28.9 Å². The molecule has 1 aromatic heterocycles. The van der Waals surface area contributed by atoms with E-state index >= 15 is 0 Å². The zero-order chi connectivity index (χ0) is 14.2. The number of hydrogen-bond donors (Lipinski definition) is 1. The summed E-state index contributed by atoms with van der Waals surface area (Å²) < 4.78 is 0. The fourth-order valence-corrected chi connectivity index (χ4v) is 2.87. The molecular formula is C11H12N2O5S. The molecule has 0 radical (unpaired) electrons. The molecule has 0 saturated carbocycles. The van der Waals surface area contributed by atoms with E-state index in [2.05, 4.69) is 0 Å². The van der Waals surface area contributed by atoms with Gasteiger partial charge in [-0.25, -0.2) is 0 Å². The van der Waals surface area contributed by atoms with Crippen molar-refractivity contribution < 1.29 is 19.6 Å². The van der Waals surface area contributed by atoms with Gasteiger partial charge in [0.05, 0.1) is 16.4 Å². The Kier molecular flexibility index (Phi) is 3.52. The first-order valence-electron chi connectivity index (χ1n) is 5.65. The maximum absolute atomic E-state index is 12.1. The number of amides is 1. The Morgan fingerprint density at radius 3 is 2.68 bits per heavy atom. The summed E-state index contributed by atoms with van der Waals surface area (Å²) in [6.45, 7) is 2.29. The molecule has 1 saturated heterocycles. The lowest BCUT2D eigenvalue weighted by molar-refractivity contribution is -0.380. The predicted octanol–water partition coefficient (Wildman–Crippen LogP) is 1.45. The van der Waals surface area contributed by atoms with Gasteiger partial charge in [0.1, 0.15) is 0 Å². The number of nitrogens with zero attached hydrogens (tertiary/aromatic N) is 2. The number of carboxylic acid groups (broad SMARTS) is 1. The van der Waals surface area contributed by atoms with Gasteiger partial charge < -0.3 is 10.0 Å². The molecule has 7 nitrogen and oxygen atoms in total. The lowest BCUT2D eigenvalue weighted by Crippen LogP contribution is -2.29. The second kappa shape index (κ2) is 4.96. The number of carbonyl (C=O) groups excluding carboxylic acids is 1.